The van der Waals surface area contributed by atoms with Crippen molar-refractivity contribution in [1.82, 2.24) is 0 Å². The summed E-state index contributed by atoms with van der Waals surface area (Å²) in [6.07, 6.45) is 0.561. The highest BCUT2D eigenvalue weighted by Crippen LogP contribution is 2.30. The van der Waals surface area contributed by atoms with E-state index < -0.39 is 6.10 Å². The van der Waals surface area contributed by atoms with Crippen LogP contribution < -0.4 is 4.74 Å². The molecule has 1 aliphatic rings. The SMILES string of the molecule is COc1cccc2c1CCC(OC=O)C2=O. The Morgan fingerprint density at radius 1 is 1.44 bits per heavy atom. The Labute approximate surface area is 93.2 Å². The minimum absolute atomic E-state index is 0.146. The highest BCUT2D eigenvalue weighted by molar-refractivity contribution is 6.02. The van der Waals surface area contributed by atoms with Crippen LogP contribution >= 0.6 is 0 Å². The van der Waals surface area contributed by atoms with Gasteiger partial charge in [-0.05, 0) is 18.9 Å². The predicted molar refractivity (Wildman–Crippen MR) is 56.6 cm³/mol. The van der Waals surface area contributed by atoms with Crippen LogP contribution in [0.5, 0.6) is 5.75 Å². The zero-order valence-electron chi connectivity index (χ0n) is 8.93. The van der Waals surface area contributed by atoms with Crippen molar-refractivity contribution in [3.05, 3.63) is 29.3 Å². The molecule has 1 atom stereocenters. The van der Waals surface area contributed by atoms with Gasteiger partial charge in [0.1, 0.15) is 5.75 Å². The number of fused-ring (bicyclic) bond motifs is 1. The number of rotatable bonds is 3. The number of Topliss-reactive ketones (excluding diaryl/α,β-unsaturated/α-hetero) is 1. The van der Waals surface area contributed by atoms with Gasteiger partial charge in [0.15, 0.2) is 6.10 Å². The van der Waals surface area contributed by atoms with Crippen molar-refractivity contribution >= 4 is 12.3 Å². The van der Waals surface area contributed by atoms with E-state index >= 15 is 0 Å². The number of benzene rings is 1. The van der Waals surface area contributed by atoms with Crippen molar-refractivity contribution in [2.75, 3.05) is 7.11 Å². The van der Waals surface area contributed by atoms with Gasteiger partial charge >= 0.3 is 0 Å². The summed E-state index contributed by atoms with van der Waals surface area (Å²) < 4.78 is 9.95. The van der Waals surface area contributed by atoms with Gasteiger partial charge in [-0.1, -0.05) is 12.1 Å². The maximum Gasteiger partial charge on any atom is 0.293 e. The minimum atomic E-state index is -0.642. The molecule has 1 unspecified atom stereocenters. The standard InChI is InChI=1S/C12H12O4/c1-15-10-4-2-3-9-8(10)5-6-11(12(9)14)16-7-13/h2-4,7,11H,5-6H2,1H3. The van der Waals surface area contributed by atoms with Crippen molar-refractivity contribution in [3.63, 3.8) is 0 Å². The fourth-order valence-corrected chi connectivity index (χ4v) is 2.02. The second kappa shape index (κ2) is 4.35. The van der Waals surface area contributed by atoms with Gasteiger partial charge in [0.2, 0.25) is 5.78 Å². The molecular weight excluding hydrogens is 208 g/mol. The normalized spacial score (nSPS) is 18.8. The third-order valence-corrected chi connectivity index (χ3v) is 2.79. The molecule has 0 bridgehead atoms. The molecule has 0 amide bonds. The van der Waals surface area contributed by atoms with Gasteiger partial charge in [-0.15, -0.1) is 0 Å². The Balaban J connectivity index is 2.38. The number of hydrogen-bond donors (Lipinski definition) is 0. The van der Waals surface area contributed by atoms with E-state index in [4.69, 9.17) is 9.47 Å². The van der Waals surface area contributed by atoms with Crippen LogP contribution in [0, 0.1) is 0 Å². The monoisotopic (exact) mass is 220 g/mol. The number of hydrogen-bond acceptors (Lipinski definition) is 4. The average molecular weight is 220 g/mol. The first-order chi connectivity index (χ1) is 7.77. The van der Waals surface area contributed by atoms with E-state index in [1.165, 1.54) is 0 Å². The van der Waals surface area contributed by atoms with Gasteiger partial charge < -0.3 is 9.47 Å². The molecule has 84 valence electrons. The van der Waals surface area contributed by atoms with Gasteiger partial charge in [0.25, 0.3) is 6.47 Å². The molecular formula is C12H12O4. The second-order valence-corrected chi connectivity index (χ2v) is 3.61. The quantitative estimate of drug-likeness (QED) is 0.722. The van der Waals surface area contributed by atoms with Crippen LogP contribution in [0.15, 0.2) is 18.2 Å². The van der Waals surface area contributed by atoms with Gasteiger partial charge in [-0.25, -0.2) is 0 Å². The summed E-state index contributed by atoms with van der Waals surface area (Å²) in [5, 5.41) is 0. The molecule has 0 aliphatic heterocycles. The zero-order valence-corrected chi connectivity index (χ0v) is 8.93. The first-order valence-electron chi connectivity index (χ1n) is 5.07. The van der Waals surface area contributed by atoms with Crippen molar-refractivity contribution < 1.29 is 19.1 Å². The molecule has 0 saturated carbocycles. The van der Waals surface area contributed by atoms with Gasteiger partial charge in [0, 0.05) is 11.1 Å². The summed E-state index contributed by atoms with van der Waals surface area (Å²) in [6, 6.07) is 5.33. The summed E-state index contributed by atoms with van der Waals surface area (Å²) in [5.74, 6) is 0.572. The van der Waals surface area contributed by atoms with Crippen LogP contribution in [0.3, 0.4) is 0 Å². The number of carbonyl (C=O) groups is 2. The lowest BCUT2D eigenvalue weighted by molar-refractivity contribution is -0.132. The maximum atomic E-state index is 11.9. The van der Waals surface area contributed by atoms with E-state index in [0.717, 1.165) is 11.3 Å². The molecule has 0 fully saturated rings. The molecule has 4 nitrogen and oxygen atoms in total. The lowest BCUT2D eigenvalue weighted by Gasteiger charge is -2.23. The Hall–Kier alpha value is -1.84. The molecule has 4 heteroatoms. The fraction of sp³-hybridized carbons (Fsp3) is 0.333. The van der Waals surface area contributed by atoms with E-state index in [0.29, 0.717) is 24.9 Å². The van der Waals surface area contributed by atoms with E-state index in [9.17, 15) is 9.59 Å². The summed E-state index contributed by atoms with van der Waals surface area (Å²) in [7, 11) is 1.58. The maximum absolute atomic E-state index is 11.9. The zero-order chi connectivity index (χ0) is 11.5. The Bertz CT molecular complexity index is 425. The summed E-state index contributed by atoms with van der Waals surface area (Å²) in [4.78, 5) is 22.2. The summed E-state index contributed by atoms with van der Waals surface area (Å²) >= 11 is 0. The molecule has 2 rings (SSSR count). The van der Waals surface area contributed by atoms with Crippen LogP contribution in [0.25, 0.3) is 0 Å². The van der Waals surface area contributed by atoms with Crippen LogP contribution in [0.4, 0.5) is 0 Å². The van der Waals surface area contributed by atoms with Crippen molar-refractivity contribution in [1.29, 1.82) is 0 Å². The highest BCUT2D eigenvalue weighted by Gasteiger charge is 2.30. The van der Waals surface area contributed by atoms with Gasteiger partial charge in [-0.3, -0.25) is 9.59 Å². The topological polar surface area (TPSA) is 52.6 Å². The van der Waals surface area contributed by atoms with E-state index in [1.807, 2.05) is 6.07 Å². The van der Waals surface area contributed by atoms with Crippen LogP contribution in [0.1, 0.15) is 22.3 Å². The van der Waals surface area contributed by atoms with Crippen LogP contribution in [0.2, 0.25) is 0 Å². The van der Waals surface area contributed by atoms with Crippen molar-refractivity contribution in [2.45, 2.75) is 18.9 Å². The average Bonchev–Trinajstić information content (AvgIpc) is 2.32. The van der Waals surface area contributed by atoms with E-state index in [2.05, 4.69) is 0 Å². The van der Waals surface area contributed by atoms with Crippen LogP contribution in [-0.2, 0) is 16.0 Å². The summed E-state index contributed by atoms with van der Waals surface area (Å²) in [5.41, 5.74) is 1.50. The Kier molecular flexibility index (Phi) is 2.90. The molecule has 0 heterocycles. The van der Waals surface area contributed by atoms with E-state index in [-0.39, 0.29) is 5.78 Å². The molecule has 0 spiro atoms. The second-order valence-electron chi connectivity index (χ2n) is 3.61. The lowest BCUT2D eigenvalue weighted by Crippen LogP contribution is -2.30. The highest BCUT2D eigenvalue weighted by atomic mass is 16.5. The molecule has 0 aromatic heterocycles. The largest absolute Gasteiger partial charge is 0.496 e. The van der Waals surface area contributed by atoms with Gasteiger partial charge in [0.05, 0.1) is 7.11 Å². The molecule has 0 saturated heterocycles. The smallest absolute Gasteiger partial charge is 0.293 e. The third kappa shape index (κ3) is 1.66. The number of methoxy groups -OCH3 is 1. The molecule has 1 aliphatic carbocycles. The first-order valence-corrected chi connectivity index (χ1v) is 5.07. The number of ketones is 1. The molecule has 16 heavy (non-hydrogen) atoms. The third-order valence-electron chi connectivity index (χ3n) is 2.79. The van der Waals surface area contributed by atoms with Crippen LogP contribution in [-0.4, -0.2) is 25.5 Å². The minimum Gasteiger partial charge on any atom is -0.496 e. The van der Waals surface area contributed by atoms with Crippen molar-refractivity contribution in [2.24, 2.45) is 0 Å². The van der Waals surface area contributed by atoms with E-state index in [1.54, 1.807) is 19.2 Å². The van der Waals surface area contributed by atoms with Gasteiger partial charge in [-0.2, -0.15) is 0 Å². The summed E-state index contributed by atoms with van der Waals surface area (Å²) in [6.45, 7) is 0.327. The fourth-order valence-electron chi connectivity index (χ4n) is 2.02. The number of ether oxygens (including phenoxy) is 2. The lowest BCUT2D eigenvalue weighted by atomic mass is 9.88. The molecule has 0 radical (unpaired) electrons. The Morgan fingerprint density at radius 3 is 2.94 bits per heavy atom. The molecule has 1 aromatic rings. The van der Waals surface area contributed by atoms with Crippen molar-refractivity contribution in [3.8, 4) is 5.75 Å². The number of carbonyl (C=O) groups excluding carboxylic acids is 2. The predicted octanol–water partition coefficient (Wildman–Crippen LogP) is 1.37. The molecule has 0 N–H and O–H groups in total. The molecule has 1 aromatic carbocycles. The first kappa shape index (κ1) is 10.7. The Morgan fingerprint density at radius 2 is 2.25 bits per heavy atom.